The van der Waals surface area contributed by atoms with E-state index in [9.17, 15) is 4.79 Å². The number of carbonyl (C=O) groups excluding carboxylic acids is 1. The predicted octanol–water partition coefficient (Wildman–Crippen LogP) is 2.59. The molecule has 3 N–H and O–H groups in total. The van der Waals surface area contributed by atoms with Gasteiger partial charge >= 0.3 is 0 Å². The lowest BCUT2D eigenvalue weighted by Crippen LogP contribution is -2.33. The second kappa shape index (κ2) is 6.55. The summed E-state index contributed by atoms with van der Waals surface area (Å²) in [5, 5.41) is 3.19. The normalized spacial score (nSPS) is 36.6. The van der Waals surface area contributed by atoms with Gasteiger partial charge in [0.2, 0.25) is 5.91 Å². The number of amides is 1. The first kappa shape index (κ1) is 13.9. The molecule has 3 nitrogen and oxygen atoms in total. The van der Waals surface area contributed by atoms with Crippen LogP contribution in [0.2, 0.25) is 0 Å². The summed E-state index contributed by atoms with van der Waals surface area (Å²) in [6.45, 7) is 2.27. The summed E-state index contributed by atoms with van der Waals surface area (Å²) in [4.78, 5) is 11.9. The Kier molecular flexibility index (Phi) is 5.04. The van der Waals surface area contributed by atoms with Crippen molar-refractivity contribution in [2.45, 2.75) is 76.8 Å². The molecule has 2 rings (SSSR count). The highest BCUT2D eigenvalue weighted by Gasteiger charge is 2.24. The van der Waals surface area contributed by atoms with Gasteiger partial charge in [-0.15, -0.1) is 0 Å². The zero-order valence-electron chi connectivity index (χ0n) is 11.7. The molecule has 0 bridgehead atoms. The van der Waals surface area contributed by atoms with Gasteiger partial charge in [0.25, 0.3) is 0 Å². The van der Waals surface area contributed by atoms with Crippen LogP contribution in [0.1, 0.15) is 64.7 Å². The van der Waals surface area contributed by atoms with E-state index in [0.29, 0.717) is 24.4 Å². The first-order chi connectivity index (χ1) is 8.63. The van der Waals surface area contributed by atoms with Crippen molar-refractivity contribution in [2.75, 3.05) is 0 Å². The van der Waals surface area contributed by atoms with Crippen LogP contribution in [0.3, 0.4) is 0 Å². The van der Waals surface area contributed by atoms with Gasteiger partial charge < -0.3 is 11.1 Å². The van der Waals surface area contributed by atoms with Gasteiger partial charge in [0.05, 0.1) is 0 Å². The first-order valence-electron chi connectivity index (χ1n) is 7.68. The van der Waals surface area contributed by atoms with Gasteiger partial charge in [-0.05, 0) is 50.4 Å². The molecule has 2 saturated carbocycles. The molecule has 0 spiro atoms. The minimum Gasteiger partial charge on any atom is -0.353 e. The predicted molar refractivity (Wildman–Crippen MR) is 74.1 cm³/mol. The van der Waals surface area contributed by atoms with Gasteiger partial charge in [-0.1, -0.05) is 19.8 Å². The molecule has 0 aliphatic heterocycles. The number of carbonyl (C=O) groups is 1. The molecular weight excluding hydrogens is 224 g/mol. The van der Waals surface area contributed by atoms with Gasteiger partial charge in [0.1, 0.15) is 0 Å². The fraction of sp³-hybridized carbons (Fsp3) is 0.933. The van der Waals surface area contributed by atoms with E-state index in [4.69, 9.17) is 5.73 Å². The van der Waals surface area contributed by atoms with Crippen molar-refractivity contribution in [3.8, 4) is 0 Å². The Hall–Kier alpha value is -0.570. The summed E-state index contributed by atoms with van der Waals surface area (Å²) in [6, 6.07) is 0.823. The van der Waals surface area contributed by atoms with Crippen LogP contribution in [-0.4, -0.2) is 18.0 Å². The standard InChI is InChI=1S/C15H28N2O/c1-11-5-7-14(9-11)17-15(18)8-6-12-3-2-4-13(16)10-12/h11-14H,2-10,16H2,1H3,(H,17,18). The van der Waals surface area contributed by atoms with Crippen molar-refractivity contribution < 1.29 is 4.79 Å². The van der Waals surface area contributed by atoms with Gasteiger partial charge in [-0.2, -0.15) is 0 Å². The van der Waals surface area contributed by atoms with E-state index in [1.54, 1.807) is 0 Å². The Morgan fingerprint density at radius 2 is 2.06 bits per heavy atom. The zero-order valence-corrected chi connectivity index (χ0v) is 11.7. The Morgan fingerprint density at radius 1 is 1.22 bits per heavy atom. The fourth-order valence-electron chi connectivity index (χ4n) is 3.57. The zero-order chi connectivity index (χ0) is 13.0. The summed E-state index contributed by atoms with van der Waals surface area (Å²) in [5.41, 5.74) is 5.98. The van der Waals surface area contributed by atoms with E-state index in [-0.39, 0.29) is 5.91 Å². The quantitative estimate of drug-likeness (QED) is 0.808. The molecule has 0 aromatic heterocycles. The van der Waals surface area contributed by atoms with Crippen molar-refractivity contribution >= 4 is 5.91 Å². The van der Waals surface area contributed by atoms with Crippen LogP contribution < -0.4 is 11.1 Å². The third-order valence-electron chi connectivity index (χ3n) is 4.66. The van der Waals surface area contributed by atoms with E-state index in [1.165, 1.54) is 38.5 Å². The van der Waals surface area contributed by atoms with Crippen LogP contribution in [-0.2, 0) is 4.79 Å². The van der Waals surface area contributed by atoms with Crippen LogP contribution in [0.15, 0.2) is 0 Å². The van der Waals surface area contributed by atoms with Gasteiger partial charge in [0.15, 0.2) is 0 Å². The minimum absolute atomic E-state index is 0.258. The third kappa shape index (κ3) is 4.27. The lowest BCUT2D eigenvalue weighted by atomic mass is 9.83. The summed E-state index contributed by atoms with van der Waals surface area (Å²) in [5.74, 6) is 1.72. The molecule has 2 fully saturated rings. The number of nitrogens with two attached hydrogens (primary N) is 1. The third-order valence-corrected chi connectivity index (χ3v) is 4.66. The number of rotatable bonds is 4. The maximum absolute atomic E-state index is 11.9. The van der Waals surface area contributed by atoms with Crippen LogP contribution in [0.4, 0.5) is 0 Å². The highest BCUT2D eigenvalue weighted by Crippen LogP contribution is 2.27. The Balaban J connectivity index is 1.62. The van der Waals surface area contributed by atoms with Gasteiger partial charge in [0, 0.05) is 18.5 Å². The van der Waals surface area contributed by atoms with Crippen LogP contribution in [0, 0.1) is 11.8 Å². The van der Waals surface area contributed by atoms with Crippen molar-refractivity contribution in [1.29, 1.82) is 0 Å². The second-order valence-electron chi connectivity index (χ2n) is 6.51. The van der Waals surface area contributed by atoms with E-state index < -0.39 is 0 Å². The Bertz CT molecular complexity index is 280. The van der Waals surface area contributed by atoms with E-state index in [0.717, 1.165) is 18.8 Å². The summed E-state index contributed by atoms with van der Waals surface area (Å²) in [7, 11) is 0. The molecule has 4 atom stereocenters. The average molecular weight is 252 g/mol. The molecule has 0 radical (unpaired) electrons. The fourth-order valence-corrected chi connectivity index (χ4v) is 3.57. The molecule has 0 aromatic carbocycles. The summed E-state index contributed by atoms with van der Waals surface area (Å²) < 4.78 is 0. The Labute approximate surface area is 111 Å². The molecule has 2 aliphatic rings. The molecule has 2 aliphatic carbocycles. The molecular formula is C15H28N2O. The number of hydrogen-bond donors (Lipinski definition) is 2. The lowest BCUT2D eigenvalue weighted by Gasteiger charge is -2.26. The van der Waals surface area contributed by atoms with Crippen molar-refractivity contribution in [1.82, 2.24) is 5.32 Å². The SMILES string of the molecule is CC1CCC(NC(=O)CCC2CCCC(N)C2)C1. The number of hydrogen-bond acceptors (Lipinski definition) is 2. The number of nitrogens with one attached hydrogen (secondary N) is 1. The lowest BCUT2D eigenvalue weighted by molar-refractivity contribution is -0.122. The molecule has 0 aromatic rings. The summed E-state index contributed by atoms with van der Waals surface area (Å²) in [6.07, 6.45) is 10.1. The molecule has 4 unspecified atom stereocenters. The van der Waals surface area contributed by atoms with E-state index in [1.807, 2.05) is 0 Å². The molecule has 0 saturated heterocycles. The highest BCUT2D eigenvalue weighted by molar-refractivity contribution is 5.76. The Morgan fingerprint density at radius 3 is 2.72 bits per heavy atom. The first-order valence-corrected chi connectivity index (χ1v) is 7.68. The van der Waals surface area contributed by atoms with Crippen molar-refractivity contribution in [3.05, 3.63) is 0 Å². The molecule has 18 heavy (non-hydrogen) atoms. The maximum atomic E-state index is 11.9. The van der Waals surface area contributed by atoms with Crippen LogP contribution in [0.5, 0.6) is 0 Å². The molecule has 104 valence electrons. The summed E-state index contributed by atoms with van der Waals surface area (Å²) >= 11 is 0. The largest absolute Gasteiger partial charge is 0.353 e. The van der Waals surface area contributed by atoms with Gasteiger partial charge in [-0.3, -0.25) is 4.79 Å². The minimum atomic E-state index is 0.258. The van der Waals surface area contributed by atoms with Crippen molar-refractivity contribution in [2.24, 2.45) is 17.6 Å². The van der Waals surface area contributed by atoms with Crippen molar-refractivity contribution in [3.63, 3.8) is 0 Å². The van der Waals surface area contributed by atoms with Crippen LogP contribution in [0.25, 0.3) is 0 Å². The van der Waals surface area contributed by atoms with E-state index in [2.05, 4.69) is 12.2 Å². The maximum Gasteiger partial charge on any atom is 0.220 e. The second-order valence-corrected chi connectivity index (χ2v) is 6.51. The average Bonchev–Trinajstić information content (AvgIpc) is 2.72. The highest BCUT2D eigenvalue weighted by atomic mass is 16.1. The molecule has 3 heteroatoms. The van der Waals surface area contributed by atoms with Gasteiger partial charge in [-0.25, -0.2) is 0 Å². The topological polar surface area (TPSA) is 55.1 Å². The van der Waals surface area contributed by atoms with Crippen LogP contribution >= 0.6 is 0 Å². The van der Waals surface area contributed by atoms with E-state index >= 15 is 0 Å². The molecule has 1 amide bonds. The molecule has 0 heterocycles. The monoisotopic (exact) mass is 252 g/mol. The smallest absolute Gasteiger partial charge is 0.220 e.